The van der Waals surface area contributed by atoms with Crippen molar-refractivity contribution in [3.63, 3.8) is 0 Å². The molecule has 0 bridgehead atoms. The molecule has 0 spiro atoms. The molecule has 1 aromatic carbocycles. The van der Waals surface area contributed by atoms with Gasteiger partial charge in [-0.25, -0.2) is 4.79 Å². The van der Waals surface area contributed by atoms with Crippen LogP contribution in [-0.4, -0.2) is 41.6 Å². The van der Waals surface area contributed by atoms with Gasteiger partial charge in [-0.15, -0.1) is 0 Å². The van der Waals surface area contributed by atoms with E-state index in [0.29, 0.717) is 10.7 Å². The van der Waals surface area contributed by atoms with E-state index in [9.17, 15) is 9.59 Å². The Labute approximate surface area is 130 Å². The second-order valence-electron chi connectivity index (χ2n) is 5.33. The molecule has 1 unspecified atom stereocenters. The number of urea groups is 1. The average Bonchev–Trinajstić information content (AvgIpc) is 2.43. The van der Waals surface area contributed by atoms with E-state index < -0.39 is 12.5 Å². The maximum absolute atomic E-state index is 12.6. The predicted molar refractivity (Wildman–Crippen MR) is 83.9 cm³/mol. The Morgan fingerprint density at radius 1 is 1.19 bits per heavy atom. The fourth-order valence-electron chi connectivity index (χ4n) is 1.84. The minimum atomic E-state index is -1.07. The molecule has 1 atom stereocenters. The quantitative estimate of drug-likeness (QED) is 0.907. The minimum Gasteiger partial charge on any atom is -0.480 e. The summed E-state index contributed by atoms with van der Waals surface area (Å²) in [6, 6.07) is 6.19. The number of hydrogen-bond donors (Lipinski definition) is 1. The zero-order valence-corrected chi connectivity index (χ0v) is 13.5. The number of anilines is 1. The number of halogens is 1. The van der Waals surface area contributed by atoms with Crippen molar-refractivity contribution in [1.82, 2.24) is 4.90 Å². The Morgan fingerprint density at radius 2 is 1.71 bits per heavy atom. The summed E-state index contributed by atoms with van der Waals surface area (Å²) in [5.74, 6) is -0.792. The van der Waals surface area contributed by atoms with E-state index >= 15 is 0 Å². The molecule has 5 nitrogen and oxygen atoms in total. The molecule has 0 fully saturated rings. The highest BCUT2D eigenvalue weighted by atomic mass is 35.5. The minimum absolute atomic E-state index is 0.00101. The van der Waals surface area contributed by atoms with Gasteiger partial charge in [0.1, 0.15) is 6.54 Å². The first-order valence-electron chi connectivity index (χ1n) is 6.75. The van der Waals surface area contributed by atoms with Gasteiger partial charge in [-0.3, -0.25) is 9.69 Å². The molecule has 0 radical (unpaired) electrons. The first-order chi connectivity index (χ1) is 9.73. The third-order valence-corrected chi connectivity index (χ3v) is 3.79. The number of hydrogen-bond acceptors (Lipinski definition) is 2. The summed E-state index contributed by atoms with van der Waals surface area (Å²) < 4.78 is 0. The normalized spacial score (nSPS) is 12.1. The Hall–Kier alpha value is -1.75. The molecule has 6 heteroatoms. The highest BCUT2D eigenvalue weighted by Crippen LogP contribution is 2.20. The van der Waals surface area contributed by atoms with Gasteiger partial charge in [0.2, 0.25) is 0 Å². The smallest absolute Gasteiger partial charge is 0.325 e. The van der Waals surface area contributed by atoms with E-state index in [4.69, 9.17) is 16.7 Å². The monoisotopic (exact) mass is 312 g/mol. The lowest BCUT2D eigenvalue weighted by molar-refractivity contribution is -0.135. The largest absolute Gasteiger partial charge is 0.480 e. The Kier molecular flexibility index (Phi) is 6.03. The number of nitrogens with zero attached hydrogens (tertiary/aromatic N) is 2. The lowest BCUT2D eigenvalue weighted by atomic mass is 10.1. The molecule has 0 saturated heterocycles. The van der Waals surface area contributed by atoms with Crippen LogP contribution in [0.2, 0.25) is 5.02 Å². The molecule has 2 amide bonds. The molecule has 0 saturated carbocycles. The summed E-state index contributed by atoms with van der Waals surface area (Å²) in [5, 5.41) is 9.57. The van der Waals surface area contributed by atoms with Crippen LogP contribution in [0.25, 0.3) is 0 Å². The van der Waals surface area contributed by atoms with Crippen molar-refractivity contribution in [3.05, 3.63) is 29.3 Å². The van der Waals surface area contributed by atoms with Crippen LogP contribution in [0.1, 0.15) is 20.8 Å². The molecule has 0 aliphatic heterocycles. The second kappa shape index (κ2) is 7.31. The Balaban J connectivity index is 3.04. The molecular formula is C15H21ClN2O3. The molecule has 0 aliphatic rings. The fraction of sp³-hybridized carbons (Fsp3) is 0.467. The number of carboxylic acids is 1. The molecule has 0 aliphatic carbocycles. The van der Waals surface area contributed by atoms with Crippen molar-refractivity contribution < 1.29 is 14.7 Å². The third-order valence-electron chi connectivity index (χ3n) is 3.54. The van der Waals surface area contributed by atoms with Gasteiger partial charge in [-0.2, -0.15) is 0 Å². The predicted octanol–water partition coefficient (Wildman–Crippen LogP) is 3.33. The zero-order chi connectivity index (χ0) is 16.2. The zero-order valence-electron chi connectivity index (χ0n) is 12.7. The number of rotatable bonds is 5. The van der Waals surface area contributed by atoms with Crippen LogP contribution in [0.15, 0.2) is 24.3 Å². The lowest BCUT2D eigenvalue weighted by Crippen LogP contribution is -2.48. The summed E-state index contributed by atoms with van der Waals surface area (Å²) in [5.41, 5.74) is 0.509. The number of amides is 2. The van der Waals surface area contributed by atoms with Crippen LogP contribution in [0.5, 0.6) is 0 Å². The number of benzene rings is 1. The van der Waals surface area contributed by atoms with Gasteiger partial charge >= 0.3 is 12.0 Å². The first kappa shape index (κ1) is 17.3. The van der Waals surface area contributed by atoms with E-state index in [-0.39, 0.29) is 18.0 Å². The summed E-state index contributed by atoms with van der Waals surface area (Å²) in [6.45, 7) is 5.57. The van der Waals surface area contributed by atoms with E-state index in [1.165, 1.54) is 4.90 Å². The fourth-order valence-corrected chi connectivity index (χ4v) is 1.96. The standard InChI is InChI=1S/C15H21ClN2O3/c1-10(2)11(3)17(4)15(21)18(9-14(19)20)13-7-5-12(16)6-8-13/h5-8,10-11H,9H2,1-4H3,(H,19,20). The van der Waals surface area contributed by atoms with Gasteiger partial charge in [0.25, 0.3) is 0 Å². The van der Waals surface area contributed by atoms with Crippen LogP contribution in [0.3, 0.4) is 0 Å². The van der Waals surface area contributed by atoms with Gasteiger partial charge in [0, 0.05) is 23.8 Å². The van der Waals surface area contributed by atoms with Crippen molar-refractivity contribution in [2.24, 2.45) is 5.92 Å². The first-order valence-corrected chi connectivity index (χ1v) is 7.13. The summed E-state index contributed by atoms with van der Waals surface area (Å²) in [7, 11) is 1.68. The molecule has 116 valence electrons. The number of aliphatic carboxylic acids is 1. The maximum Gasteiger partial charge on any atom is 0.325 e. The van der Waals surface area contributed by atoms with E-state index in [1.807, 2.05) is 20.8 Å². The molecule has 1 aromatic rings. The van der Waals surface area contributed by atoms with E-state index in [1.54, 1.807) is 36.2 Å². The van der Waals surface area contributed by atoms with Gasteiger partial charge in [0.15, 0.2) is 0 Å². The number of carbonyl (C=O) groups excluding carboxylic acids is 1. The van der Waals surface area contributed by atoms with Crippen molar-refractivity contribution in [1.29, 1.82) is 0 Å². The number of carbonyl (C=O) groups is 2. The SMILES string of the molecule is CC(C)C(C)N(C)C(=O)N(CC(=O)O)c1ccc(Cl)cc1. The van der Waals surface area contributed by atoms with Gasteiger partial charge in [0.05, 0.1) is 0 Å². The third kappa shape index (κ3) is 4.63. The van der Waals surface area contributed by atoms with Gasteiger partial charge in [-0.1, -0.05) is 25.4 Å². The van der Waals surface area contributed by atoms with Crippen LogP contribution in [-0.2, 0) is 4.79 Å². The highest BCUT2D eigenvalue weighted by Gasteiger charge is 2.26. The van der Waals surface area contributed by atoms with Crippen LogP contribution in [0, 0.1) is 5.92 Å². The molecule has 21 heavy (non-hydrogen) atoms. The average molecular weight is 313 g/mol. The molecule has 1 rings (SSSR count). The Bertz CT molecular complexity index is 502. The maximum atomic E-state index is 12.6. The van der Waals surface area contributed by atoms with Crippen molar-refractivity contribution in [2.45, 2.75) is 26.8 Å². The van der Waals surface area contributed by atoms with E-state index in [0.717, 1.165) is 0 Å². The van der Waals surface area contributed by atoms with Crippen molar-refractivity contribution >= 4 is 29.3 Å². The van der Waals surface area contributed by atoms with E-state index in [2.05, 4.69) is 0 Å². The van der Waals surface area contributed by atoms with Gasteiger partial charge < -0.3 is 10.0 Å². The molecule has 0 heterocycles. The van der Waals surface area contributed by atoms with Gasteiger partial charge in [-0.05, 0) is 37.1 Å². The number of carboxylic acid groups (broad SMARTS) is 1. The van der Waals surface area contributed by atoms with Crippen molar-refractivity contribution in [3.8, 4) is 0 Å². The van der Waals surface area contributed by atoms with Crippen LogP contribution < -0.4 is 4.90 Å². The highest BCUT2D eigenvalue weighted by molar-refractivity contribution is 6.30. The molecular weight excluding hydrogens is 292 g/mol. The second-order valence-corrected chi connectivity index (χ2v) is 5.77. The summed E-state index contributed by atoms with van der Waals surface area (Å²) in [6.07, 6.45) is 0. The topological polar surface area (TPSA) is 60.9 Å². The van der Waals surface area contributed by atoms with Crippen LogP contribution in [0.4, 0.5) is 10.5 Å². The van der Waals surface area contributed by atoms with Crippen molar-refractivity contribution in [2.75, 3.05) is 18.5 Å². The lowest BCUT2D eigenvalue weighted by Gasteiger charge is -2.33. The Morgan fingerprint density at radius 3 is 2.14 bits per heavy atom. The summed E-state index contributed by atoms with van der Waals surface area (Å²) >= 11 is 5.83. The molecule has 0 aromatic heterocycles. The molecule has 1 N–H and O–H groups in total. The van der Waals surface area contributed by atoms with Crippen LogP contribution >= 0.6 is 11.6 Å². The summed E-state index contributed by atoms with van der Waals surface area (Å²) in [4.78, 5) is 26.4.